The molecule has 0 radical (unpaired) electrons. The third kappa shape index (κ3) is 1.74. The molecule has 0 amide bonds. The second-order valence-corrected chi connectivity index (χ2v) is 5.67. The minimum Gasteiger partial charge on any atom is -0.348 e. The Labute approximate surface area is 113 Å². The molecule has 0 bridgehead atoms. The summed E-state index contributed by atoms with van der Waals surface area (Å²) >= 11 is 7.83. The molecule has 2 aromatic rings. The smallest absolute Gasteiger partial charge is 0.271 e. The van der Waals surface area contributed by atoms with Crippen molar-refractivity contribution >= 4 is 28.8 Å². The minimum atomic E-state index is -0.287. The molecule has 0 saturated heterocycles. The summed E-state index contributed by atoms with van der Waals surface area (Å²) in [6.45, 7) is 2.95. The normalized spacial score (nSPS) is 18.8. The van der Waals surface area contributed by atoms with Gasteiger partial charge >= 0.3 is 0 Å². The molecule has 1 atom stereocenters. The molecule has 0 spiro atoms. The van der Waals surface area contributed by atoms with Gasteiger partial charge in [0.2, 0.25) is 0 Å². The highest BCUT2D eigenvalue weighted by atomic mass is 35.5. The molecule has 1 aliphatic heterocycles. The largest absolute Gasteiger partial charge is 0.348 e. The minimum absolute atomic E-state index is 0.169. The number of hydrogen-bond acceptors (Lipinski definition) is 4. The molecule has 94 valence electrons. The molecule has 0 saturated carbocycles. The molecule has 1 N–H and O–H groups in total. The number of thiophene rings is 1. The summed E-state index contributed by atoms with van der Waals surface area (Å²) in [6, 6.07) is 2.34. The lowest BCUT2D eigenvalue weighted by Crippen LogP contribution is -2.35. The highest BCUT2D eigenvalue weighted by molar-refractivity contribution is 7.10. The van der Waals surface area contributed by atoms with Gasteiger partial charge in [0.25, 0.3) is 5.56 Å². The first-order valence-electron chi connectivity index (χ1n) is 5.74. The molecule has 4 nitrogen and oxygen atoms in total. The van der Waals surface area contributed by atoms with Crippen LogP contribution in [0.1, 0.15) is 23.4 Å². The van der Waals surface area contributed by atoms with Crippen LogP contribution in [0.2, 0.25) is 5.02 Å². The predicted octanol–water partition coefficient (Wildman–Crippen LogP) is 2.61. The Kier molecular flexibility index (Phi) is 2.87. The monoisotopic (exact) mass is 281 g/mol. The van der Waals surface area contributed by atoms with Crippen LogP contribution in [0.25, 0.3) is 0 Å². The Hall–Kier alpha value is -1.33. The number of anilines is 1. The average Bonchev–Trinajstić information content (AvgIpc) is 2.83. The number of H-pyrrole nitrogens is 1. The van der Waals surface area contributed by atoms with Gasteiger partial charge in [0.1, 0.15) is 5.02 Å². The molecule has 3 rings (SSSR count). The second kappa shape index (κ2) is 4.40. The quantitative estimate of drug-likeness (QED) is 0.874. The molecule has 1 aliphatic rings. The Morgan fingerprint density at radius 1 is 1.61 bits per heavy atom. The van der Waals surface area contributed by atoms with E-state index in [0.717, 1.165) is 13.0 Å². The van der Waals surface area contributed by atoms with Crippen molar-refractivity contribution in [1.82, 2.24) is 9.97 Å². The zero-order chi connectivity index (χ0) is 12.7. The summed E-state index contributed by atoms with van der Waals surface area (Å²) in [6.07, 6.45) is 2.38. The van der Waals surface area contributed by atoms with E-state index in [9.17, 15) is 4.79 Å². The van der Waals surface area contributed by atoms with Gasteiger partial charge in [-0.1, -0.05) is 11.6 Å². The van der Waals surface area contributed by atoms with E-state index in [4.69, 9.17) is 11.6 Å². The van der Waals surface area contributed by atoms with Gasteiger partial charge in [-0.15, -0.1) is 11.3 Å². The van der Waals surface area contributed by atoms with Crippen molar-refractivity contribution in [3.8, 4) is 0 Å². The summed E-state index contributed by atoms with van der Waals surface area (Å²) in [5, 5.41) is 2.28. The zero-order valence-corrected chi connectivity index (χ0v) is 11.4. The third-order valence-electron chi connectivity index (χ3n) is 3.33. The molecule has 18 heavy (non-hydrogen) atoms. The lowest BCUT2D eigenvalue weighted by atomic mass is 10.0. The Morgan fingerprint density at radius 2 is 2.44 bits per heavy atom. The number of fused-ring (bicyclic) bond motifs is 1. The van der Waals surface area contributed by atoms with Gasteiger partial charge in [0.05, 0.1) is 12.4 Å². The first kappa shape index (κ1) is 11.7. The van der Waals surface area contributed by atoms with Crippen LogP contribution in [0, 0.1) is 0 Å². The van der Waals surface area contributed by atoms with E-state index in [0.29, 0.717) is 5.82 Å². The molecule has 2 aromatic heterocycles. The second-order valence-electron chi connectivity index (χ2n) is 4.29. The van der Waals surface area contributed by atoms with Crippen molar-refractivity contribution in [2.45, 2.75) is 19.4 Å². The van der Waals surface area contributed by atoms with Crippen molar-refractivity contribution in [3.63, 3.8) is 0 Å². The van der Waals surface area contributed by atoms with E-state index < -0.39 is 0 Å². The molecule has 0 aromatic carbocycles. The van der Waals surface area contributed by atoms with Crippen molar-refractivity contribution in [2.24, 2.45) is 0 Å². The number of aromatic nitrogens is 2. The number of aromatic amines is 1. The topological polar surface area (TPSA) is 49.0 Å². The molecule has 0 fully saturated rings. The fraction of sp³-hybridized carbons (Fsp3) is 0.333. The molecule has 0 aliphatic carbocycles. The Bertz CT molecular complexity index is 636. The van der Waals surface area contributed by atoms with Crippen molar-refractivity contribution in [3.05, 3.63) is 43.6 Å². The van der Waals surface area contributed by atoms with Crippen LogP contribution in [0.5, 0.6) is 0 Å². The summed E-state index contributed by atoms with van der Waals surface area (Å²) in [7, 11) is 0. The highest BCUT2D eigenvalue weighted by Crippen LogP contribution is 2.36. The van der Waals surface area contributed by atoms with E-state index in [1.54, 1.807) is 11.3 Å². The molecule has 1 unspecified atom stereocenters. The van der Waals surface area contributed by atoms with Crippen LogP contribution in [-0.2, 0) is 6.42 Å². The standard InChI is InChI=1S/C12H12ClN3OS/c1-7-8-3-5-18-9(8)2-4-16(7)11-10(13)12(17)15-6-14-11/h3,5-7H,2,4H2,1H3,(H,14,15,17). The van der Waals surface area contributed by atoms with Crippen LogP contribution in [0.3, 0.4) is 0 Å². The van der Waals surface area contributed by atoms with Gasteiger partial charge in [-0.25, -0.2) is 4.98 Å². The lowest BCUT2D eigenvalue weighted by molar-refractivity contribution is 0.623. The van der Waals surface area contributed by atoms with E-state index in [-0.39, 0.29) is 16.6 Å². The first-order chi connectivity index (χ1) is 8.68. The Morgan fingerprint density at radius 3 is 3.28 bits per heavy atom. The number of nitrogens with one attached hydrogen (secondary N) is 1. The third-order valence-corrected chi connectivity index (χ3v) is 4.66. The lowest BCUT2D eigenvalue weighted by Gasteiger charge is -2.34. The average molecular weight is 282 g/mol. The maximum Gasteiger partial charge on any atom is 0.271 e. The first-order valence-corrected chi connectivity index (χ1v) is 7.00. The number of halogens is 1. The van der Waals surface area contributed by atoms with E-state index >= 15 is 0 Å². The summed E-state index contributed by atoms with van der Waals surface area (Å²) in [5.41, 5.74) is 1.02. The van der Waals surface area contributed by atoms with E-state index in [2.05, 4.69) is 33.2 Å². The summed E-state index contributed by atoms with van der Waals surface area (Å²) in [4.78, 5) is 21.7. The maximum atomic E-state index is 11.5. The number of nitrogens with zero attached hydrogens (tertiary/aromatic N) is 2. The van der Waals surface area contributed by atoms with Crippen molar-refractivity contribution in [2.75, 3.05) is 11.4 Å². The van der Waals surface area contributed by atoms with Gasteiger partial charge in [-0.3, -0.25) is 4.79 Å². The van der Waals surface area contributed by atoms with Gasteiger partial charge in [0.15, 0.2) is 5.82 Å². The van der Waals surface area contributed by atoms with Crippen molar-refractivity contribution in [1.29, 1.82) is 0 Å². The van der Waals surface area contributed by atoms with Gasteiger partial charge in [-0.05, 0) is 30.4 Å². The van der Waals surface area contributed by atoms with E-state index in [1.165, 1.54) is 16.8 Å². The van der Waals surface area contributed by atoms with Crippen LogP contribution in [0.4, 0.5) is 5.82 Å². The summed E-state index contributed by atoms with van der Waals surface area (Å²) in [5.74, 6) is 0.574. The molecule has 6 heteroatoms. The van der Waals surface area contributed by atoms with Gasteiger partial charge < -0.3 is 9.88 Å². The molecular formula is C12H12ClN3OS. The zero-order valence-electron chi connectivity index (χ0n) is 9.81. The fourth-order valence-corrected chi connectivity index (χ4v) is 3.55. The van der Waals surface area contributed by atoms with Gasteiger partial charge in [-0.2, -0.15) is 0 Å². The van der Waals surface area contributed by atoms with E-state index in [1.807, 2.05) is 0 Å². The number of hydrogen-bond donors (Lipinski definition) is 1. The van der Waals surface area contributed by atoms with Crippen LogP contribution >= 0.6 is 22.9 Å². The highest BCUT2D eigenvalue weighted by Gasteiger charge is 2.27. The predicted molar refractivity (Wildman–Crippen MR) is 73.7 cm³/mol. The Balaban J connectivity index is 2.04. The SMILES string of the molecule is CC1c2ccsc2CCN1c1nc[nH]c(=O)c1Cl. The molecule has 3 heterocycles. The summed E-state index contributed by atoms with van der Waals surface area (Å²) < 4.78 is 0. The van der Waals surface area contributed by atoms with Crippen molar-refractivity contribution < 1.29 is 0 Å². The van der Waals surface area contributed by atoms with Crippen LogP contribution in [0.15, 0.2) is 22.6 Å². The van der Waals surface area contributed by atoms with Gasteiger partial charge in [0, 0.05) is 11.4 Å². The van der Waals surface area contributed by atoms with Crippen LogP contribution in [-0.4, -0.2) is 16.5 Å². The number of rotatable bonds is 1. The molecular weight excluding hydrogens is 270 g/mol. The fourth-order valence-electron chi connectivity index (χ4n) is 2.37. The maximum absolute atomic E-state index is 11.5. The van der Waals surface area contributed by atoms with Crippen LogP contribution < -0.4 is 10.5 Å².